The van der Waals surface area contributed by atoms with Gasteiger partial charge >= 0.3 is 0 Å². The number of rotatable bonds is 5. The molecular weight excluding hydrogens is 376 g/mol. The monoisotopic (exact) mass is 404 g/mol. The molecule has 3 heterocycles. The summed E-state index contributed by atoms with van der Waals surface area (Å²) in [7, 11) is 1.81. The molecule has 6 nitrogen and oxygen atoms in total. The number of nitrogens with zero attached hydrogens (tertiary/aromatic N) is 2. The number of carbonyl (C=O) groups is 1. The van der Waals surface area contributed by atoms with Crippen LogP contribution in [0, 0.1) is 11.8 Å². The lowest BCUT2D eigenvalue weighted by atomic mass is 9.62. The third-order valence-electron chi connectivity index (χ3n) is 7.06. The summed E-state index contributed by atoms with van der Waals surface area (Å²) in [4.78, 5) is 22.0. The second kappa shape index (κ2) is 7.52. The topological polar surface area (TPSA) is 84.2 Å². The third kappa shape index (κ3) is 3.11. The number of ether oxygens (including phenoxy) is 1. The van der Waals surface area contributed by atoms with Crippen molar-refractivity contribution in [2.24, 2.45) is 17.6 Å². The van der Waals surface area contributed by atoms with Crippen molar-refractivity contribution >= 4 is 16.8 Å². The summed E-state index contributed by atoms with van der Waals surface area (Å²) in [6.07, 6.45) is 5.13. The van der Waals surface area contributed by atoms with Crippen LogP contribution in [0.4, 0.5) is 0 Å². The summed E-state index contributed by atoms with van der Waals surface area (Å²) in [5.74, 6) is 0.231. The number of fused-ring (bicyclic) bond motifs is 3. The number of aromatic nitrogens is 2. The fraction of sp³-hybridized carbons (Fsp3) is 0.417. The highest BCUT2D eigenvalue weighted by Gasteiger charge is 2.53. The predicted molar refractivity (Wildman–Crippen MR) is 116 cm³/mol. The molecule has 156 valence electrons. The van der Waals surface area contributed by atoms with E-state index in [1.165, 1.54) is 23.0 Å². The summed E-state index contributed by atoms with van der Waals surface area (Å²) in [5, 5.41) is 1.26. The number of nitrogens with one attached hydrogen (secondary N) is 1. The maximum atomic E-state index is 11.7. The molecule has 3 aromatic rings. The second-order valence-electron chi connectivity index (χ2n) is 8.69. The van der Waals surface area contributed by atoms with Gasteiger partial charge < -0.3 is 15.5 Å². The number of nitrogens with two attached hydrogens (primary N) is 1. The molecule has 2 aromatic heterocycles. The highest BCUT2D eigenvalue weighted by atomic mass is 16.5. The molecule has 5 rings (SSSR count). The molecule has 1 saturated carbocycles. The molecule has 3 N–H and O–H groups in total. The number of primary amides is 1. The number of hydrogen-bond acceptors (Lipinski definition) is 4. The van der Waals surface area contributed by atoms with Gasteiger partial charge in [-0.3, -0.25) is 14.7 Å². The summed E-state index contributed by atoms with van der Waals surface area (Å²) in [6, 6.07) is 14.5. The zero-order valence-corrected chi connectivity index (χ0v) is 17.3. The van der Waals surface area contributed by atoms with Gasteiger partial charge in [-0.1, -0.05) is 24.6 Å². The highest BCUT2D eigenvalue weighted by molar-refractivity contribution is 5.90. The van der Waals surface area contributed by atoms with E-state index in [1.807, 2.05) is 19.2 Å². The maximum Gasteiger partial charge on any atom is 0.267 e. The minimum Gasteiger partial charge on any atom is -0.373 e. The Kier molecular flexibility index (Phi) is 4.83. The summed E-state index contributed by atoms with van der Waals surface area (Å²) >= 11 is 0. The van der Waals surface area contributed by atoms with E-state index in [2.05, 4.69) is 45.2 Å². The van der Waals surface area contributed by atoms with Crippen molar-refractivity contribution in [2.75, 3.05) is 20.2 Å². The van der Waals surface area contributed by atoms with Crippen molar-refractivity contribution < 1.29 is 9.53 Å². The Morgan fingerprint density at radius 1 is 1.23 bits per heavy atom. The number of H-pyrrole nitrogens is 1. The number of benzene rings is 1. The molecule has 1 aliphatic carbocycles. The number of para-hydroxylation sites is 1. The van der Waals surface area contributed by atoms with E-state index in [0.717, 1.165) is 38.0 Å². The van der Waals surface area contributed by atoms with Crippen LogP contribution in [0.15, 0.2) is 48.7 Å². The first-order valence-corrected chi connectivity index (χ1v) is 10.7. The highest BCUT2D eigenvalue weighted by Crippen LogP contribution is 2.51. The van der Waals surface area contributed by atoms with E-state index in [0.29, 0.717) is 17.5 Å². The van der Waals surface area contributed by atoms with Crippen LogP contribution < -0.4 is 5.73 Å². The van der Waals surface area contributed by atoms with Crippen LogP contribution in [0.5, 0.6) is 0 Å². The Bertz CT molecular complexity index is 1030. The van der Waals surface area contributed by atoms with Gasteiger partial charge in [0.25, 0.3) is 5.91 Å². The maximum absolute atomic E-state index is 11.7. The van der Waals surface area contributed by atoms with Crippen LogP contribution in [0.25, 0.3) is 10.9 Å². The van der Waals surface area contributed by atoms with Crippen molar-refractivity contribution in [3.05, 3.63) is 65.6 Å². The number of likely N-dealkylation sites (tertiary alicyclic amines) is 1. The zero-order chi connectivity index (χ0) is 20.7. The predicted octanol–water partition coefficient (Wildman–Crippen LogP) is 3.44. The molecule has 0 spiro atoms. The van der Waals surface area contributed by atoms with Crippen molar-refractivity contribution in [1.82, 2.24) is 14.9 Å². The lowest BCUT2D eigenvalue weighted by molar-refractivity contribution is -0.170. The molecule has 1 aromatic carbocycles. The molecule has 2 bridgehead atoms. The van der Waals surface area contributed by atoms with E-state index in [4.69, 9.17) is 10.5 Å². The Morgan fingerprint density at radius 2 is 2.00 bits per heavy atom. The van der Waals surface area contributed by atoms with E-state index in [9.17, 15) is 4.79 Å². The van der Waals surface area contributed by atoms with E-state index >= 15 is 0 Å². The molecule has 6 heteroatoms. The number of carbonyl (C=O) groups excluding carboxylic acids is 1. The van der Waals surface area contributed by atoms with Gasteiger partial charge in [0.2, 0.25) is 0 Å². The average molecular weight is 405 g/mol. The lowest BCUT2D eigenvalue weighted by Gasteiger charge is -2.55. The van der Waals surface area contributed by atoms with Crippen LogP contribution in [0.1, 0.15) is 41.0 Å². The van der Waals surface area contributed by atoms with Gasteiger partial charge in [-0.05, 0) is 48.1 Å². The van der Waals surface area contributed by atoms with Crippen molar-refractivity contribution in [1.29, 1.82) is 0 Å². The van der Waals surface area contributed by atoms with Crippen LogP contribution in [-0.4, -0.2) is 41.0 Å². The number of pyridine rings is 1. The van der Waals surface area contributed by atoms with Gasteiger partial charge in [0.1, 0.15) is 11.3 Å². The van der Waals surface area contributed by atoms with E-state index < -0.39 is 5.91 Å². The molecule has 2 aliphatic rings. The normalized spacial score (nSPS) is 26.7. The lowest BCUT2D eigenvalue weighted by Crippen LogP contribution is -2.58. The van der Waals surface area contributed by atoms with Gasteiger partial charge in [0.15, 0.2) is 0 Å². The van der Waals surface area contributed by atoms with Crippen LogP contribution in [0.3, 0.4) is 0 Å². The van der Waals surface area contributed by atoms with Crippen LogP contribution in [0.2, 0.25) is 0 Å². The van der Waals surface area contributed by atoms with Gasteiger partial charge in [-0.2, -0.15) is 0 Å². The number of methoxy groups -OCH3 is 1. The zero-order valence-electron chi connectivity index (χ0n) is 17.3. The average Bonchev–Trinajstić information content (AvgIpc) is 3.15. The van der Waals surface area contributed by atoms with Gasteiger partial charge in [0, 0.05) is 56.0 Å². The number of piperidine rings is 1. The molecule has 2 fully saturated rings. The second-order valence-corrected chi connectivity index (χ2v) is 8.69. The number of aromatic amines is 1. The Labute approximate surface area is 176 Å². The fourth-order valence-electron chi connectivity index (χ4n) is 5.84. The standard InChI is InChI=1S/C24H28N4O2/c1-30-24(17-9-10-26-22(12-17)23(25)29)18-6-4-7-19(24)14-28(13-18)15-20-11-16-5-2-3-8-21(16)27-20/h2-3,5,8-12,18-19,27H,4,6-7,13-15H2,1H3,(H2,25,29)/t18-,19+,24?. The summed E-state index contributed by atoms with van der Waals surface area (Å²) < 4.78 is 6.30. The molecule has 1 unspecified atom stereocenters. The molecule has 30 heavy (non-hydrogen) atoms. The molecule has 0 radical (unpaired) electrons. The minimum atomic E-state index is -0.496. The SMILES string of the molecule is COC1(c2ccnc(C(N)=O)c2)[C@@H]2CCC[C@H]1CN(Cc1cc3ccccc3[nH]1)C2. The molecule has 1 aliphatic heterocycles. The first-order valence-electron chi connectivity index (χ1n) is 10.7. The largest absolute Gasteiger partial charge is 0.373 e. The first kappa shape index (κ1) is 19.3. The van der Waals surface area contributed by atoms with Gasteiger partial charge in [-0.15, -0.1) is 0 Å². The Balaban J connectivity index is 1.44. The number of amides is 1. The molecule has 1 amide bonds. The Hall–Kier alpha value is -2.70. The van der Waals surface area contributed by atoms with Crippen LogP contribution >= 0.6 is 0 Å². The van der Waals surface area contributed by atoms with Crippen LogP contribution in [-0.2, 0) is 16.9 Å². The van der Waals surface area contributed by atoms with Gasteiger partial charge in [0.05, 0.1) is 0 Å². The van der Waals surface area contributed by atoms with E-state index in [1.54, 1.807) is 6.20 Å². The van der Waals surface area contributed by atoms with E-state index in [-0.39, 0.29) is 5.60 Å². The van der Waals surface area contributed by atoms with Crippen molar-refractivity contribution in [3.8, 4) is 0 Å². The summed E-state index contributed by atoms with van der Waals surface area (Å²) in [5.41, 5.74) is 8.89. The smallest absolute Gasteiger partial charge is 0.267 e. The third-order valence-corrected chi connectivity index (χ3v) is 7.06. The van der Waals surface area contributed by atoms with Gasteiger partial charge in [-0.25, -0.2) is 0 Å². The molecule has 3 atom stereocenters. The first-order chi connectivity index (χ1) is 14.6. The quantitative estimate of drug-likeness (QED) is 0.682. The molecule has 1 saturated heterocycles. The Morgan fingerprint density at radius 3 is 2.70 bits per heavy atom. The number of hydrogen-bond donors (Lipinski definition) is 2. The summed E-state index contributed by atoms with van der Waals surface area (Å²) in [6.45, 7) is 2.84. The minimum absolute atomic E-state index is 0.308. The fourth-order valence-corrected chi connectivity index (χ4v) is 5.84. The van der Waals surface area contributed by atoms with Crippen molar-refractivity contribution in [2.45, 2.75) is 31.4 Å². The molecular formula is C24H28N4O2. The van der Waals surface area contributed by atoms with Crippen molar-refractivity contribution in [3.63, 3.8) is 0 Å².